The van der Waals surface area contributed by atoms with Crippen LogP contribution in [-0.2, 0) is 12.8 Å². The lowest BCUT2D eigenvalue weighted by molar-refractivity contribution is 0.481. The van der Waals surface area contributed by atoms with Crippen LogP contribution in [0.4, 0.5) is 0 Å². The number of hydrogen-bond donors (Lipinski definition) is 1. The topological polar surface area (TPSA) is 56.9 Å². The molecule has 4 rings (SSSR count). The predicted molar refractivity (Wildman–Crippen MR) is 102 cm³/mol. The largest absolute Gasteiger partial charge is 0.507 e. The summed E-state index contributed by atoms with van der Waals surface area (Å²) >= 11 is 1.65. The molecule has 1 heterocycles. The summed E-state index contributed by atoms with van der Waals surface area (Å²) < 4.78 is 0. The average molecular weight is 346 g/mol. The summed E-state index contributed by atoms with van der Waals surface area (Å²) in [6.45, 7) is 2.27. The summed E-state index contributed by atoms with van der Waals surface area (Å²) in [5.41, 5.74) is 2.67. The molecule has 0 saturated heterocycles. The van der Waals surface area contributed by atoms with E-state index in [0.717, 1.165) is 39.9 Å². The van der Waals surface area contributed by atoms with Crippen LogP contribution in [-0.4, -0.2) is 10.1 Å². The van der Waals surface area contributed by atoms with Crippen LogP contribution in [0.15, 0.2) is 36.4 Å². The Labute approximate surface area is 150 Å². The number of aryl methyl sites for hydroxylation is 1. The fraction of sp³-hybridized carbons (Fsp3) is 0.238. The van der Waals surface area contributed by atoms with E-state index in [1.807, 2.05) is 36.4 Å². The van der Waals surface area contributed by atoms with Crippen molar-refractivity contribution in [1.29, 1.82) is 5.26 Å². The molecule has 1 aromatic heterocycles. The molecule has 4 heteroatoms. The second-order valence-electron chi connectivity index (χ2n) is 6.63. The Morgan fingerprint density at radius 1 is 1.28 bits per heavy atom. The zero-order valence-corrected chi connectivity index (χ0v) is 14.8. The van der Waals surface area contributed by atoms with E-state index in [2.05, 4.69) is 13.0 Å². The molecule has 1 unspecified atom stereocenters. The highest BCUT2D eigenvalue weighted by atomic mass is 32.1. The Balaban J connectivity index is 1.80. The lowest BCUT2D eigenvalue weighted by Gasteiger charge is -2.15. The van der Waals surface area contributed by atoms with Gasteiger partial charge in [-0.1, -0.05) is 37.3 Å². The molecule has 1 N–H and O–H groups in total. The van der Waals surface area contributed by atoms with Gasteiger partial charge in [0, 0.05) is 10.3 Å². The monoisotopic (exact) mass is 346 g/mol. The van der Waals surface area contributed by atoms with Gasteiger partial charge in [0.05, 0.1) is 11.3 Å². The highest BCUT2D eigenvalue weighted by Crippen LogP contribution is 2.34. The van der Waals surface area contributed by atoms with Crippen LogP contribution >= 0.6 is 11.3 Å². The Hall–Kier alpha value is -2.64. The molecule has 1 atom stereocenters. The maximum atomic E-state index is 10.0. The van der Waals surface area contributed by atoms with Gasteiger partial charge >= 0.3 is 0 Å². The van der Waals surface area contributed by atoms with Gasteiger partial charge in [-0.3, -0.25) is 0 Å². The molecule has 0 spiro atoms. The maximum Gasteiger partial charge on any atom is 0.134 e. The molecule has 2 aromatic carbocycles. The van der Waals surface area contributed by atoms with E-state index in [-0.39, 0.29) is 5.75 Å². The molecule has 124 valence electrons. The summed E-state index contributed by atoms with van der Waals surface area (Å²) in [4.78, 5) is 6.05. The second-order valence-corrected chi connectivity index (χ2v) is 7.71. The van der Waals surface area contributed by atoms with Crippen molar-refractivity contribution in [2.75, 3.05) is 0 Å². The van der Waals surface area contributed by atoms with Gasteiger partial charge in [0.1, 0.15) is 16.8 Å². The molecule has 0 amide bonds. The predicted octanol–water partition coefficient (Wildman–Crippen LogP) is 5.19. The average Bonchev–Trinajstić information content (AvgIpc) is 3.04. The van der Waals surface area contributed by atoms with Crippen molar-refractivity contribution in [1.82, 2.24) is 4.98 Å². The molecule has 0 bridgehead atoms. The third-order valence-corrected chi connectivity index (χ3v) is 5.92. The molecule has 25 heavy (non-hydrogen) atoms. The highest BCUT2D eigenvalue weighted by molar-refractivity contribution is 7.13. The normalized spacial score (nSPS) is 17.3. The Morgan fingerprint density at radius 3 is 2.88 bits per heavy atom. The number of phenolic OH excluding ortho intramolecular Hbond substituents is 1. The summed E-state index contributed by atoms with van der Waals surface area (Å²) in [5.74, 6) is 0.946. The van der Waals surface area contributed by atoms with Crippen LogP contribution in [0.3, 0.4) is 0 Å². The van der Waals surface area contributed by atoms with E-state index in [4.69, 9.17) is 4.98 Å². The lowest BCUT2D eigenvalue weighted by atomic mass is 9.93. The van der Waals surface area contributed by atoms with Gasteiger partial charge in [0.25, 0.3) is 0 Å². The standard InChI is InChI=1S/C21H18N2OS/c1-13-6-8-18-20(10-13)25-21(23-18)15(12-22)11-14-7-9-19(24)17-5-3-2-4-16(14)17/h2-5,7,9,11,13,24H,6,8,10H2,1H3. The van der Waals surface area contributed by atoms with E-state index in [1.54, 1.807) is 17.4 Å². The number of phenols is 1. The van der Waals surface area contributed by atoms with E-state index < -0.39 is 0 Å². The molecule has 3 nitrogen and oxygen atoms in total. The molecular formula is C21H18N2OS. The summed E-state index contributed by atoms with van der Waals surface area (Å²) in [5, 5.41) is 22.3. The van der Waals surface area contributed by atoms with Crippen molar-refractivity contribution in [3.8, 4) is 11.8 Å². The smallest absolute Gasteiger partial charge is 0.134 e. The zero-order chi connectivity index (χ0) is 17.4. The molecule has 1 aliphatic rings. The second kappa shape index (κ2) is 6.34. The van der Waals surface area contributed by atoms with Crippen molar-refractivity contribution < 1.29 is 5.11 Å². The summed E-state index contributed by atoms with van der Waals surface area (Å²) in [6, 6.07) is 13.5. The van der Waals surface area contributed by atoms with Crippen LogP contribution in [0.2, 0.25) is 0 Å². The summed E-state index contributed by atoms with van der Waals surface area (Å²) in [7, 11) is 0. The minimum atomic E-state index is 0.255. The van der Waals surface area contributed by atoms with E-state index in [0.29, 0.717) is 11.5 Å². The number of hydrogen-bond acceptors (Lipinski definition) is 4. The van der Waals surface area contributed by atoms with Crippen LogP contribution in [0.25, 0.3) is 22.4 Å². The Kier molecular flexibility index (Phi) is 4.03. The van der Waals surface area contributed by atoms with E-state index in [9.17, 15) is 10.4 Å². The van der Waals surface area contributed by atoms with Gasteiger partial charge in [0.15, 0.2) is 0 Å². The number of allylic oxidation sites excluding steroid dienone is 1. The Morgan fingerprint density at radius 2 is 2.08 bits per heavy atom. The van der Waals surface area contributed by atoms with E-state index in [1.165, 1.54) is 11.3 Å². The number of rotatable bonds is 2. The van der Waals surface area contributed by atoms with Crippen molar-refractivity contribution in [2.24, 2.45) is 5.92 Å². The molecule has 0 fully saturated rings. The fourth-order valence-electron chi connectivity index (χ4n) is 3.38. The number of nitriles is 1. The van der Waals surface area contributed by atoms with Gasteiger partial charge < -0.3 is 5.11 Å². The van der Waals surface area contributed by atoms with E-state index >= 15 is 0 Å². The minimum Gasteiger partial charge on any atom is -0.507 e. The number of aromatic nitrogens is 1. The third kappa shape index (κ3) is 2.92. The van der Waals surface area contributed by atoms with Crippen molar-refractivity contribution >= 4 is 33.8 Å². The van der Waals surface area contributed by atoms with Crippen molar-refractivity contribution in [3.63, 3.8) is 0 Å². The SMILES string of the molecule is CC1CCc2nc(C(C#N)=Cc3ccc(O)c4ccccc34)sc2C1. The van der Waals surface area contributed by atoms with Gasteiger partial charge in [-0.2, -0.15) is 5.26 Å². The number of thiazole rings is 1. The first kappa shape index (κ1) is 15.9. The molecular weight excluding hydrogens is 328 g/mol. The van der Waals surface area contributed by atoms with Gasteiger partial charge in [0.2, 0.25) is 0 Å². The van der Waals surface area contributed by atoms with Crippen LogP contribution in [0, 0.1) is 17.2 Å². The molecule has 0 radical (unpaired) electrons. The zero-order valence-electron chi connectivity index (χ0n) is 14.0. The van der Waals surface area contributed by atoms with Gasteiger partial charge in [-0.15, -0.1) is 11.3 Å². The number of aromatic hydroxyl groups is 1. The van der Waals surface area contributed by atoms with Crippen LogP contribution in [0.5, 0.6) is 5.75 Å². The first-order valence-corrected chi connectivity index (χ1v) is 9.29. The number of fused-ring (bicyclic) bond motifs is 2. The van der Waals surface area contributed by atoms with Crippen molar-refractivity contribution in [2.45, 2.75) is 26.2 Å². The van der Waals surface area contributed by atoms with Gasteiger partial charge in [-0.25, -0.2) is 4.98 Å². The van der Waals surface area contributed by atoms with Gasteiger partial charge in [-0.05, 0) is 48.3 Å². The molecule has 0 saturated carbocycles. The maximum absolute atomic E-state index is 10.0. The van der Waals surface area contributed by atoms with Crippen LogP contribution in [0.1, 0.15) is 34.5 Å². The molecule has 3 aromatic rings. The first-order chi connectivity index (χ1) is 12.2. The van der Waals surface area contributed by atoms with Crippen LogP contribution < -0.4 is 0 Å². The minimum absolute atomic E-state index is 0.255. The first-order valence-electron chi connectivity index (χ1n) is 8.47. The molecule has 1 aliphatic carbocycles. The number of benzene rings is 2. The fourth-order valence-corrected chi connectivity index (χ4v) is 4.62. The number of nitrogens with zero attached hydrogens (tertiary/aromatic N) is 2. The van der Waals surface area contributed by atoms with Crippen molar-refractivity contribution in [3.05, 3.63) is 57.5 Å². The quantitative estimate of drug-likeness (QED) is 0.650. The molecule has 0 aliphatic heterocycles. The highest BCUT2D eigenvalue weighted by Gasteiger charge is 2.21. The summed E-state index contributed by atoms with van der Waals surface area (Å²) in [6.07, 6.45) is 5.13. The third-order valence-electron chi connectivity index (χ3n) is 4.77. The Bertz CT molecular complexity index is 1030. The lowest BCUT2D eigenvalue weighted by Crippen LogP contribution is -2.09.